The van der Waals surface area contributed by atoms with E-state index in [9.17, 15) is 0 Å². The summed E-state index contributed by atoms with van der Waals surface area (Å²) >= 11 is 1.86. The van der Waals surface area contributed by atoms with Crippen molar-refractivity contribution < 1.29 is 0 Å². The van der Waals surface area contributed by atoms with Crippen LogP contribution in [0.3, 0.4) is 0 Å². The number of aryl methyl sites for hydroxylation is 2. The average Bonchev–Trinajstić information content (AvgIpc) is 3.15. The van der Waals surface area contributed by atoms with Crippen LogP contribution in [0.15, 0.2) is 25.0 Å². The Morgan fingerprint density at radius 2 is 2.17 bits per heavy atom. The fourth-order valence-electron chi connectivity index (χ4n) is 3.49. The molecule has 0 radical (unpaired) electrons. The Kier molecular flexibility index (Phi) is 4.47. The van der Waals surface area contributed by atoms with Gasteiger partial charge in [-0.05, 0) is 37.2 Å². The Morgan fingerprint density at radius 3 is 3.04 bits per heavy atom. The number of hydrogen-bond donors (Lipinski definition) is 1. The van der Waals surface area contributed by atoms with Crippen LogP contribution in [0.25, 0.3) is 10.2 Å². The summed E-state index contributed by atoms with van der Waals surface area (Å²) in [4.78, 5) is 15.8. The molecule has 6 heteroatoms. The number of imidazole rings is 1. The van der Waals surface area contributed by atoms with Crippen LogP contribution in [0.5, 0.6) is 0 Å². The van der Waals surface area contributed by atoms with Crippen molar-refractivity contribution in [1.82, 2.24) is 19.5 Å². The Hall–Kier alpha value is -1.95. The van der Waals surface area contributed by atoms with Crippen molar-refractivity contribution >= 4 is 27.4 Å². The monoisotopic (exact) mass is 341 g/mol. The van der Waals surface area contributed by atoms with Crippen molar-refractivity contribution in [3.8, 4) is 0 Å². The van der Waals surface area contributed by atoms with Crippen molar-refractivity contribution in [2.45, 2.75) is 45.6 Å². The minimum absolute atomic E-state index is 0.501. The molecule has 1 N–H and O–H groups in total. The van der Waals surface area contributed by atoms with Gasteiger partial charge in [0.25, 0.3) is 0 Å². The zero-order valence-electron chi connectivity index (χ0n) is 14.0. The van der Waals surface area contributed by atoms with Gasteiger partial charge in [-0.25, -0.2) is 15.0 Å². The van der Waals surface area contributed by atoms with Crippen molar-refractivity contribution in [1.29, 1.82) is 0 Å². The molecule has 1 aliphatic rings. The summed E-state index contributed by atoms with van der Waals surface area (Å²) < 4.78 is 2.12. The van der Waals surface area contributed by atoms with E-state index in [2.05, 4.69) is 31.8 Å². The van der Waals surface area contributed by atoms with E-state index in [1.807, 2.05) is 30.1 Å². The summed E-state index contributed by atoms with van der Waals surface area (Å²) in [5, 5.41) is 4.85. The zero-order valence-corrected chi connectivity index (χ0v) is 14.9. The van der Waals surface area contributed by atoms with Gasteiger partial charge in [0, 0.05) is 30.4 Å². The number of nitrogens with one attached hydrogen (secondary N) is 1. The number of hydrogen-bond acceptors (Lipinski definition) is 5. The highest BCUT2D eigenvalue weighted by atomic mass is 32.1. The highest BCUT2D eigenvalue weighted by Gasteiger charge is 2.19. The first kappa shape index (κ1) is 15.6. The molecule has 3 aromatic rings. The maximum absolute atomic E-state index is 4.55. The molecule has 24 heavy (non-hydrogen) atoms. The van der Waals surface area contributed by atoms with Crippen LogP contribution in [0.1, 0.15) is 36.6 Å². The van der Waals surface area contributed by atoms with E-state index < -0.39 is 0 Å². The van der Waals surface area contributed by atoms with Gasteiger partial charge in [0.05, 0.1) is 11.7 Å². The van der Waals surface area contributed by atoms with Gasteiger partial charge in [-0.1, -0.05) is 13.3 Å². The second-order valence-electron chi connectivity index (χ2n) is 6.71. The molecule has 1 aliphatic carbocycles. The Labute approximate surface area is 146 Å². The van der Waals surface area contributed by atoms with E-state index in [1.165, 1.54) is 47.9 Å². The molecule has 126 valence electrons. The molecule has 0 saturated heterocycles. The largest absolute Gasteiger partial charge is 0.369 e. The van der Waals surface area contributed by atoms with Crippen molar-refractivity contribution in [2.24, 2.45) is 5.92 Å². The lowest BCUT2D eigenvalue weighted by atomic mass is 10.1. The van der Waals surface area contributed by atoms with Crippen LogP contribution in [0.4, 0.5) is 5.82 Å². The normalized spacial score (nSPS) is 15.9. The number of fused-ring (bicyclic) bond motifs is 3. The van der Waals surface area contributed by atoms with Crippen LogP contribution in [0, 0.1) is 5.92 Å². The third kappa shape index (κ3) is 3.15. The molecule has 0 saturated carbocycles. The van der Waals surface area contributed by atoms with Gasteiger partial charge in [0.15, 0.2) is 0 Å². The van der Waals surface area contributed by atoms with Crippen LogP contribution in [-0.4, -0.2) is 26.1 Å². The lowest BCUT2D eigenvalue weighted by Crippen LogP contribution is -2.17. The van der Waals surface area contributed by atoms with Gasteiger partial charge in [-0.3, -0.25) is 0 Å². The number of rotatable bonds is 5. The first-order chi connectivity index (χ1) is 11.8. The smallest absolute Gasteiger partial charge is 0.138 e. The first-order valence-electron chi connectivity index (χ1n) is 8.76. The SMILES string of the molecule is C[C@@H](CNc1ncnc2sc3c(c12)CCCCC3)Cn1ccnc1. The molecule has 5 nitrogen and oxygen atoms in total. The van der Waals surface area contributed by atoms with Gasteiger partial charge >= 0.3 is 0 Å². The molecule has 1 atom stereocenters. The second-order valence-corrected chi connectivity index (χ2v) is 7.80. The molecule has 0 aliphatic heterocycles. The summed E-state index contributed by atoms with van der Waals surface area (Å²) in [6.45, 7) is 4.11. The molecule has 0 amide bonds. The molecule has 0 aromatic carbocycles. The predicted octanol–water partition coefficient (Wildman–Crippen LogP) is 3.90. The minimum Gasteiger partial charge on any atom is -0.369 e. The fourth-order valence-corrected chi connectivity index (χ4v) is 4.72. The van der Waals surface area contributed by atoms with E-state index in [0.717, 1.165) is 23.7 Å². The summed E-state index contributed by atoms with van der Waals surface area (Å²) in [6.07, 6.45) is 13.7. The van der Waals surface area contributed by atoms with Crippen molar-refractivity contribution in [2.75, 3.05) is 11.9 Å². The van der Waals surface area contributed by atoms with E-state index >= 15 is 0 Å². The van der Waals surface area contributed by atoms with E-state index in [0.29, 0.717) is 5.92 Å². The third-order valence-electron chi connectivity index (χ3n) is 4.70. The second kappa shape index (κ2) is 6.89. The van der Waals surface area contributed by atoms with Gasteiger partial charge < -0.3 is 9.88 Å². The van der Waals surface area contributed by atoms with Gasteiger partial charge in [-0.2, -0.15) is 0 Å². The van der Waals surface area contributed by atoms with Crippen LogP contribution in [0.2, 0.25) is 0 Å². The van der Waals surface area contributed by atoms with E-state index in [4.69, 9.17) is 0 Å². The maximum atomic E-state index is 4.55. The Bertz CT molecular complexity index is 808. The number of nitrogens with zero attached hydrogens (tertiary/aromatic N) is 4. The molecule has 4 rings (SSSR count). The van der Waals surface area contributed by atoms with Crippen LogP contribution in [-0.2, 0) is 19.4 Å². The molecule has 3 aromatic heterocycles. The summed E-state index contributed by atoms with van der Waals surface area (Å²) in [5.41, 5.74) is 1.50. The topological polar surface area (TPSA) is 55.6 Å². The van der Waals surface area contributed by atoms with Crippen molar-refractivity contribution in [3.05, 3.63) is 35.5 Å². The lowest BCUT2D eigenvalue weighted by Gasteiger charge is -2.14. The average molecular weight is 341 g/mol. The molecule has 0 bridgehead atoms. The first-order valence-corrected chi connectivity index (χ1v) is 9.58. The highest BCUT2D eigenvalue weighted by Crippen LogP contribution is 2.37. The summed E-state index contributed by atoms with van der Waals surface area (Å²) in [6, 6.07) is 0. The predicted molar refractivity (Wildman–Crippen MR) is 98.6 cm³/mol. The number of anilines is 1. The maximum Gasteiger partial charge on any atom is 0.138 e. The van der Waals surface area contributed by atoms with E-state index in [-0.39, 0.29) is 0 Å². The third-order valence-corrected chi connectivity index (χ3v) is 5.90. The molecular weight excluding hydrogens is 318 g/mol. The fraction of sp³-hybridized carbons (Fsp3) is 0.500. The molecular formula is C18H23N5S. The lowest BCUT2D eigenvalue weighted by molar-refractivity contribution is 0.502. The highest BCUT2D eigenvalue weighted by molar-refractivity contribution is 7.18. The quantitative estimate of drug-likeness (QED) is 0.715. The minimum atomic E-state index is 0.501. The summed E-state index contributed by atoms with van der Waals surface area (Å²) in [5.74, 6) is 1.51. The molecule has 0 fully saturated rings. The molecule has 3 heterocycles. The summed E-state index contributed by atoms with van der Waals surface area (Å²) in [7, 11) is 0. The van der Waals surface area contributed by atoms with Crippen LogP contribution < -0.4 is 5.32 Å². The van der Waals surface area contributed by atoms with Gasteiger partial charge in [0.1, 0.15) is 17.0 Å². The number of thiophene rings is 1. The van der Waals surface area contributed by atoms with Gasteiger partial charge in [0.2, 0.25) is 0 Å². The van der Waals surface area contributed by atoms with E-state index in [1.54, 1.807) is 6.33 Å². The standard InChI is InChI=1S/C18H23N5S/c1-13(10-23-8-7-19-12-23)9-20-17-16-14-5-3-2-4-6-15(14)24-18(16)22-11-21-17/h7-8,11-13H,2-6,9-10H2,1H3,(H,20,21,22)/t13-/m0/s1. The molecule has 0 unspecified atom stereocenters. The zero-order chi connectivity index (χ0) is 16.4. The Balaban J connectivity index is 1.54. The van der Waals surface area contributed by atoms with Crippen LogP contribution >= 0.6 is 11.3 Å². The number of aromatic nitrogens is 4. The molecule has 0 spiro atoms. The van der Waals surface area contributed by atoms with Crippen molar-refractivity contribution in [3.63, 3.8) is 0 Å². The Morgan fingerprint density at radius 1 is 1.25 bits per heavy atom. The van der Waals surface area contributed by atoms with Gasteiger partial charge in [-0.15, -0.1) is 11.3 Å².